The number of rotatable bonds is 3. The van der Waals surface area contributed by atoms with Gasteiger partial charge in [-0.1, -0.05) is 6.07 Å². The van der Waals surface area contributed by atoms with E-state index >= 15 is 0 Å². The van der Waals surface area contributed by atoms with Crippen molar-refractivity contribution in [1.82, 2.24) is 10.3 Å². The van der Waals surface area contributed by atoms with E-state index in [1.807, 2.05) is 26.0 Å². The Kier molecular flexibility index (Phi) is 3.27. The second-order valence-electron chi connectivity index (χ2n) is 4.66. The highest BCUT2D eigenvalue weighted by molar-refractivity contribution is 6.07. The highest BCUT2D eigenvalue weighted by Crippen LogP contribution is 2.21. The van der Waals surface area contributed by atoms with Crippen molar-refractivity contribution < 1.29 is 13.8 Å². The van der Waals surface area contributed by atoms with Gasteiger partial charge >= 0.3 is 0 Å². The Balaban J connectivity index is 1.82. The van der Waals surface area contributed by atoms with Gasteiger partial charge in [0.2, 0.25) is 5.91 Å². The Hall–Kier alpha value is -2.89. The van der Waals surface area contributed by atoms with Crippen molar-refractivity contribution in [2.45, 2.75) is 13.8 Å². The minimum atomic E-state index is -0.267. The van der Waals surface area contributed by atoms with Gasteiger partial charge in [0.15, 0.2) is 5.52 Å². The van der Waals surface area contributed by atoms with Gasteiger partial charge in [-0.05, 0) is 54.0 Å². The normalized spacial score (nSPS) is 11.8. The van der Waals surface area contributed by atoms with E-state index in [-0.39, 0.29) is 5.91 Å². The van der Waals surface area contributed by atoms with Crippen LogP contribution in [0.2, 0.25) is 0 Å². The van der Waals surface area contributed by atoms with Crippen LogP contribution in [0.1, 0.15) is 18.4 Å². The number of hydrogen-bond acceptors (Lipinski definition) is 5. The molecule has 0 aliphatic heterocycles. The van der Waals surface area contributed by atoms with Crippen LogP contribution in [0.25, 0.3) is 16.6 Å². The zero-order chi connectivity index (χ0) is 14.8. The highest BCUT2D eigenvalue weighted by Gasteiger charge is 2.09. The molecule has 21 heavy (non-hydrogen) atoms. The van der Waals surface area contributed by atoms with E-state index < -0.39 is 0 Å². The lowest BCUT2D eigenvalue weighted by Crippen LogP contribution is -2.08. The van der Waals surface area contributed by atoms with E-state index in [1.54, 1.807) is 18.2 Å². The first-order chi connectivity index (χ1) is 10.1. The molecule has 0 saturated carbocycles. The van der Waals surface area contributed by atoms with Crippen LogP contribution in [0.3, 0.4) is 0 Å². The van der Waals surface area contributed by atoms with Crippen LogP contribution in [0.15, 0.2) is 45.5 Å². The van der Waals surface area contributed by atoms with Crippen molar-refractivity contribution in [3.8, 4) is 0 Å². The molecule has 2 aromatic heterocycles. The number of benzene rings is 1. The van der Waals surface area contributed by atoms with Crippen molar-refractivity contribution in [2.75, 3.05) is 5.32 Å². The van der Waals surface area contributed by atoms with Gasteiger partial charge in [-0.2, -0.15) is 0 Å². The molecule has 0 aliphatic carbocycles. The summed E-state index contributed by atoms with van der Waals surface area (Å²) in [5.41, 5.74) is 2.41. The SMILES string of the molecule is CC(=CC(=O)Nc1cccc2nonc12)c1ccc(C)o1. The molecule has 3 rings (SSSR count). The van der Waals surface area contributed by atoms with Gasteiger partial charge in [0.05, 0.1) is 5.69 Å². The van der Waals surface area contributed by atoms with E-state index in [9.17, 15) is 4.79 Å². The molecule has 1 amide bonds. The van der Waals surface area contributed by atoms with Crippen LogP contribution in [0, 0.1) is 6.92 Å². The van der Waals surface area contributed by atoms with Crippen molar-refractivity contribution >= 4 is 28.2 Å². The molecule has 6 nitrogen and oxygen atoms in total. The summed E-state index contributed by atoms with van der Waals surface area (Å²) >= 11 is 0. The first-order valence-electron chi connectivity index (χ1n) is 6.41. The maximum atomic E-state index is 12.1. The minimum absolute atomic E-state index is 0.267. The van der Waals surface area contributed by atoms with Gasteiger partial charge in [-0.15, -0.1) is 0 Å². The number of carbonyl (C=O) groups excluding carboxylic acids is 1. The van der Waals surface area contributed by atoms with Crippen LogP contribution in [-0.4, -0.2) is 16.2 Å². The van der Waals surface area contributed by atoms with Crippen LogP contribution in [0.5, 0.6) is 0 Å². The van der Waals surface area contributed by atoms with Crippen molar-refractivity contribution in [3.63, 3.8) is 0 Å². The summed E-state index contributed by atoms with van der Waals surface area (Å²) in [6.07, 6.45) is 1.48. The summed E-state index contributed by atoms with van der Waals surface area (Å²) in [6.45, 7) is 3.67. The van der Waals surface area contributed by atoms with E-state index in [1.165, 1.54) is 6.08 Å². The Bertz CT molecular complexity index is 829. The molecular formula is C15H13N3O3. The second kappa shape index (κ2) is 5.24. The van der Waals surface area contributed by atoms with E-state index in [2.05, 4.69) is 20.3 Å². The minimum Gasteiger partial charge on any atom is -0.462 e. The number of nitrogens with one attached hydrogen (secondary N) is 1. The fourth-order valence-corrected chi connectivity index (χ4v) is 1.99. The van der Waals surface area contributed by atoms with Crippen molar-refractivity contribution in [2.24, 2.45) is 0 Å². The van der Waals surface area contributed by atoms with Crippen LogP contribution in [-0.2, 0) is 4.79 Å². The first kappa shape index (κ1) is 13.1. The van der Waals surface area contributed by atoms with Gasteiger partial charge in [0, 0.05) is 6.08 Å². The Labute approximate surface area is 120 Å². The molecule has 0 atom stereocenters. The maximum absolute atomic E-state index is 12.1. The van der Waals surface area contributed by atoms with Gasteiger partial charge in [-0.25, -0.2) is 4.63 Å². The first-order valence-corrected chi connectivity index (χ1v) is 6.41. The number of aromatic nitrogens is 2. The topological polar surface area (TPSA) is 81.2 Å². The fraction of sp³-hybridized carbons (Fsp3) is 0.133. The quantitative estimate of drug-likeness (QED) is 0.747. The lowest BCUT2D eigenvalue weighted by atomic mass is 10.2. The highest BCUT2D eigenvalue weighted by atomic mass is 16.6. The molecule has 0 fully saturated rings. The van der Waals surface area contributed by atoms with Crippen molar-refractivity contribution in [1.29, 1.82) is 0 Å². The molecule has 1 aromatic carbocycles. The lowest BCUT2D eigenvalue weighted by Gasteiger charge is -2.02. The molecule has 0 unspecified atom stereocenters. The fourth-order valence-electron chi connectivity index (χ4n) is 1.99. The van der Waals surface area contributed by atoms with Gasteiger partial charge < -0.3 is 9.73 Å². The van der Waals surface area contributed by atoms with Crippen LogP contribution in [0.4, 0.5) is 5.69 Å². The third-order valence-electron chi connectivity index (χ3n) is 3.02. The largest absolute Gasteiger partial charge is 0.462 e. The van der Waals surface area contributed by atoms with Gasteiger partial charge in [0.1, 0.15) is 17.0 Å². The number of amides is 1. The Morgan fingerprint density at radius 3 is 2.86 bits per heavy atom. The maximum Gasteiger partial charge on any atom is 0.248 e. The summed E-state index contributed by atoms with van der Waals surface area (Å²) in [5.74, 6) is 1.21. The molecular weight excluding hydrogens is 270 g/mol. The molecule has 2 heterocycles. The third-order valence-corrected chi connectivity index (χ3v) is 3.02. The smallest absolute Gasteiger partial charge is 0.248 e. The van der Waals surface area contributed by atoms with Crippen LogP contribution < -0.4 is 5.32 Å². The molecule has 0 bridgehead atoms. The molecule has 0 saturated heterocycles. The molecule has 0 aliphatic rings. The average molecular weight is 283 g/mol. The standard InChI is InChI=1S/C15H13N3O3/c1-9(13-7-6-10(2)20-13)8-14(19)16-11-4-3-5-12-15(11)18-21-17-12/h3-8H,1-2H3,(H,16,19). The van der Waals surface area contributed by atoms with E-state index in [0.717, 1.165) is 11.3 Å². The molecule has 3 aromatic rings. The van der Waals surface area contributed by atoms with E-state index in [4.69, 9.17) is 4.42 Å². The molecule has 0 radical (unpaired) electrons. The lowest BCUT2D eigenvalue weighted by molar-refractivity contribution is -0.111. The summed E-state index contributed by atoms with van der Waals surface area (Å²) < 4.78 is 10.1. The number of furan rings is 1. The number of aryl methyl sites for hydroxylation is 1. The summed E-state index contributed by atoms with van der Waals surface area (Å²) in [6, 6.07) is 8.95. The third kappa shape index (κ3) is 2.69. The van der Waals surface area contributed by atoms with E-state index in [0.29, 0.717) is 22.5 Å². The molecule has 0 spiro atoms. The zero-order valence-electron chi connectivity index (χ0n) is 11.6. The predicted octanol–water partition coefficient (Wildman–Crippen LogP) is 3.17. The van der Waals surface area contributed by atoms with Gasteiger partial charge in [-0.3, -0.25) is 4.79 Å². The number of hydrogen-bond donors (Lipinski definition) is 1. The summed E-state index contributed by atoms with van der Waals surface area (Å²) in [7, 11) is 0. The Morgan fingerprint density at radius 1 is 1.24 bits per heavy atom. The molecule has 1 N–H and O–H groups in total. The number of anilines is 1. The number of nitrogens with zero attached hydrogens (tertiary/aromatic N) is 2. The number of allylic oxidation sites excluding steroid dienone is 1. The number of fused-ring (bicyclic) bond motifs is 1. The monoisotopic (exact) mass is 283 g/mol. The summed E-state index contributed by atoms with van der Waals surface area (Å²) in [5, 5.41) is 10.3. The Morgan fingerprint density at radius 2 is 2.10 bits per heavy atom. The predicted molar refractivity (Wildman–Crippen MR) is 77.5 cm³/mol. The molecule has 106 valence electrons. The summed E-state index contributed by atoms with van der Waals surface area (Å²) in [4.78, 5) is 12.1. The van der Waals surface area contributed by atoms with Gasteiger partial charge in [0.25, 0.3) is 0 Å². The zero-order valence-corrected chi connectivity index (χ0v) is 11.6. The van der Waals surface area contributed by atoms with Crippen LogP contribution >= 0.6 is 0 Å². The molecule has 6 heteroatoms. The van der Waals surface area contributed by atoms with Crippen molar-refractivity contribution in [3.05, 3.63) is 47.9 Å². The number of carbonyl (C=O) groups is 1. The average Bonchev–Trinajstić information content (AvgIpc) is 3.07. The second-order valence-corrected chi connectivity index (χ2v) is 4.66.